The van der Waals surface area contributed by atoms with Crippen molar-refractivity contribution in [2.24, 2.45) is 0 Å². The Bertz CT molecular complexity index is 213. The Morgan fingerprint density at radius 2 is 1.82 bits per heavy atom. The summed E-state index contributed by atoms with van der Waals surface area (Å²) in [5, 5.41) is 0. The van der Waals surface area contributed by atoms with Crippen molar-refractivity contribution in [3.63, 3.8) is 0 Å². The Kier molecular flexibility index (Phi) is 2.53. The normalized spacial score (nSPS) is 12.9. The van der Waals surface area contributed by atoms with Crippen molar-refractivity contribution in [1.29, 1.82) is 0 Å². The highest BCUT2D eigenvalue weighted by Crippen LogP contribution is 2.18. The number of hydrogen-bond acceptors (Lipinski definition) is 1. The van der Waals surface area contributed by atoms with Crippen LogP contribution < -0.4 is 5.73 Å². The molecule has 1 heteroatoms. The van der Waals surface area contributed by atoms with Gasteiger partial charge in [-0.2, -0.15) is 0 Å². The van der Waals surface area contributed by atoms with Gasteiger partial charge in [0.15, 0.2) is 0 Å². The fourth-order valence-corrected chi connectivity index (χ4v) is 1.06. The molecule has 60 valence electrons. The van der Waals surface area contributed by atoms with Gasteiger partial charge in [0.1, 0.15) is 0 Å². The lowest BCUT2D eigenvalue weighted by molar-refractivity contribution is 0.734. The minimum atomic E-state index is 0.649. The van der Waals surface area contributed by atoms with Gasteiger partial charge in [0.05, 0.1) is 0 Å². The highest BCUT2D eigenvalue weighted by atomic mass is 14.5. The summed E-state index contributed by atoms with van der Waals surface area (Å²) in [7, 11) is 0. The predicted octanol–water partition coefficient (Wildman–Crippen LogP) is 2.78. The maximum absolute atomic E-state index is 5.57. The molecule has 0 aliphatic rings. The van der Waals surface area contributed by atoms with Crippen LogP contribution in [0.1, 0.15) is 31.7 Å². The molecule has 11 heavy (non-hydrogen) atoms. The minimum absolute atomic E-state index is 0.649. The molecule has 1 aromatic carbocycles. The van der Waals surface area contributed by atoms with Crippen LogP contribution in [0.2, 0.25) is 0 Å². The van der Waals surface area contributed by atoms with Crippen LogP contribution in [0.25, 0.3) is 0 Å². The summed E-state index contributed by atoms with van der Waals surface area (Å²) in [6.45, 7) is 4.42. The lowest BCUT2D eigenvalue weighted by Gasteiger charge is -2.07. The van der Waals surface area contributed by atoms with Crippen molar-refractivity contribution in [1.82, 2.24) is 0 Å². The van der Waals surface area contributed by atoms with Crippen molar-refractivity contribution in [3.05, 3.63) is 29.8 Å². The van der Waals surface area contributed by atoms with E-state index in [9.17, 15) is 0 Å². The van der Waals surface area contributed by atoms with Crippen molar-refractivity contribution in [2.75, 3.05) is 5.73 Å². The first-order valence-corrected chi connectivity index (χ1v) is 4.09. The van der Waals surface area contributed by atoms with Crippen LogP contribution in [0, 0.1) is 0 Å². The summed E-state index contributed by atoms with van der Waals surface area (Å²) >= 11 is 0. The van der Waals surface area contributed by atoms with E-state index in [2.05, 4.69) is 26.0 Å². The molecule has 0 heterocycles. The van der Waals surface area contributed by atoms with Gasteiger partial charge >= 0.3 is 0 Å². The van der Waals surface area contributed by atoms with Crippen LogP contribution in [-0.4, -0.2) is 0 Å². The molecule has 0 radical (unpaired) electrons. The highest BCUT2D eigenvalue weighted by molar-refractivity contribution is 5.40. The smallest absolute Gasteiger partial charge is 0.0314 e. The van der Waals surface area contributed by atoms with Crippen LogP contribution in [0.3, 0.4) is 0 Å². The number of rotatable bonds is 2. The fourth-order valence-electron chi connectivity index (χ4n) is 1.06. The van der Waals surface area contributed by atoms with E-state index in [1.807, 2.05) is 12.1 Å². The average Bonchev–Trinajstić information content (AvgIpc) is 2.05. The van der Waals surface area contributed by atoms with Gasteiger partial charge < -0.3 is 5.73 Å². The van der Waals surface area contributed by atoms with Gasteiger partial charge in [0.2, 0.25) is 0 Å². The van der Waals surface area contributed by atoms with E-state index in [0.717, 1.165) is 5.69 Å². The Morgan fingerprint density at radius 1 is 1.27 bits per heavy atom. The van der Waals surface area contributed by atoms with Crippen molar-refractivity contribution in [3.8, 4) is 0 Å². The number of anilines is 1. The monoisotopic (exact) mass is 149 g/mol. The third-order valence-electron chi connectivity index (χ3n) is 2.12. The molecule has 0 bridgehead atoms. The summed E-state index contributed by atoms with van der Waals surface area (Å²) < 4.78 is 0. The molecule has 0 aliphatic carbocycles. The first-order chi connectivity index (χ1) is 5.24. The molecule has 0 aliphatic heterocycles. The third-order valence-corrected chi connectivity index (χ3v) is 2.12. The van der Waals surface area contributed by atoms with E-state index >= 15 is 0 Å². The minimum Gasteiger partial charge on any atom is -0.399 e. The molecule has 1 rings (SSSR count). The van der Waals surface area contributed by atoms with E-state index in [1.165, 1.54) is 12.0 Å². The molecule has 0 saturated carbocycles. The van der Waals surface area contributed by atoms with Gasteiger partial charge in [-0.05, 0) is 30.0 Å². The highest BCUT2D eigenvalue weighted by Gasteiger charge is 2.00. The van der Waals surface area contributed by atoms with E-state index in [0.29, 0.717) is 5.92 Å². The molecule has 0 unspecified atom stereocenters. The molecular weight excluding hydrogens is 134 g/mol. The molecule has 0 aromatic heterocycles. The molecule has 0 saturated heterocycles. The lowest BCUT2D eigenvalue weighted by Crippen LogP contribution is -1.91. The molecule has 0 fully saturated rings. The predicted molar refractivity (Wildman–Crippen MR) is 49.6 cm³/mol. The summed E-state index contributed by atoms with van der Waals surface area (Å²) in [6.07, 6.45) is 1.18. The second kappa shape index (κ2) is 3.42. The van der Waals surface area contributed by atoms with Gasteiger partial charge in [0.25, 0.3) is 0 Å². The summed E-state index contributed by atoms with van der Waals surface area (Å²) in [5.74, 6) is 0.649. The molecule has 0 spiro atoms. The van der Waals surface area contributed by atoms with Crippen molar-refractivity contribution >= 4 is 5.69 Å². The SMILES string of the molecule is CC[C@@H](C)c1ccc(N)cc1. The van der Waals surface area contributed by atoms with Gasteiger partial charge in [0, 0.05) is 5.69 Å². The van der Waals surface area contributed by atoms with Gasteiger partial charge in [-0.1, -0.05) is 26.0 Å². The maximum Gasteiger partial charge on any atom is 0.0314 e. The third kappa shape index (κ3) is 1.97. The van der Waals surface area contributed by atoms with Crippen molar-refractivity contribution in [2.45, 2.75) is 26.2 Å². The number of benzene rings is 1. The number of hydrogen-bond donors (Lipinski definition) is 1. The zero-order chi connectivity index (χ0) is 8.27. The topological polar surface area (TPSA) is 26.0 Å². The second-order valence-corrected chi connectivity index (χ2v) is 2.98. The first kappa shape index (κ1) is 8.12. The van der Waals surface area contributed by atoms with Crippen molar-refractivity contribution < 1.29 is 0 Å². The largest absolute Gasteiger partial charge is 0.399 e. The first-order valence-electron chi connectivity index (χ1n) is 4.09. The Hall–Kier alpha value is -0.980. The average molecular weight is 149 g/mol. The number of nitrogen functional groups attached to an aromatic ring is 1. The summed E-state index contributed by atoms with van der Waals surface area (Å²) in [5.41, 5.74) is 7.79. The zero-order valence-corrected chi connectivity index (χ0v) is 7.17. The Morgan fingerprint density at radius 3 is 2.27 bits per heavy atom. The van der Waals surface area contributed by atoms with Gasteiger partial charge in [-0.3, -0.25) is 0 Å². The van der Waals surface area contributed by atoms with Gasteiger partial charge in [-0.15, -0.1) is 0 Å². The Balaban J connectivity index is 2.81. The molecule has 2 N–H and O–H groups in total. The van der Waals surface area contributed by atoms with Crippen LogP contribution in [-0.2, 0) is 0 Å². The van der Waals surface area contributed by atoms with E-state index < -0.39 is 0 Å². The molecular formula is C10H15N. The fraction of sp³-hybridized carbons (Fsp3) is 0.400. The lowest BCUT2D eigenvalue weighted by atomic mass is 9.99. The van der Waals surface area contributed by atoms with Crippen LogP contribution in [0.15, 0.2) is 24.3 Å². The molecule has 0 amide bonds. The van der Waals surface area contributed by atoms with E-state index in [-0.39, 0.29) is 0 Å². The van der Waals surface area contributed by atoms with Crippen LogP contribution in [0.4, 0.5) is 5.69 Å². The van der Waals surface area contributed by atoms with E-state index in [1.54, 1.807) is 0 Å². The second-order valence-electron chi connectivity index (χ2n) is 2.98. The quantitative estimate of drug-likeness (QED) is 0.643. The maximum atomic E-state index is 5.57. The molecule has 1 atom stereocenters. The number of nitrogens with two attached hydrogens (primary N) is 1. The summed E-state index contributed by atoms with van der Waals surface area (Å²) in [6, 6.07) is 8.12. The molecule has 1 aromatic rings. The van der Waals surface area contributed by atoms with Crippen LogP contribution in [0.5, 0.6) is 0 Å². The van der Waals surface area contributed by atoms with Gasteiger partial charge in [-0.25, -0.2) is 0 Å². The van der Waals surface area contributed by atoms with E-state index in [4.69, 9.17) is 5.73 Å². The Labute approximate surface area is 68.2 Å². The van der Waals surface area contributed by atoms with Crippen LogP contribution >= 0.6 is 0 Å². The standard InChI is InChI=1S/C10H15N/c1-3-8(2)9-4-6-10(11)7-5-9/h4-8H,3,11H2,1-2H3/t8-/m1/s1. The summed E-state index contributed by atoms with van der Waals surface area (Å²) in [4.78, 5) is 0. The zero-order valence-electron chi connectivity index (χ0n) is 7.17. The molecule has 1 nitrogen and oxygen atoms in total.